The Morgan fingerprint density at radius 2 is 2.09 bits per heavy atom. The maximum Gasteiger partial charge on any atom is 0.317 e. The minimum absolute atomic E-state index is 0.0240. The summed E-state index contributed by atoms with van der Waals surface area (Å²) in [5.41, 5.74) is 2.06. The fourth-order valence-electron chi connectivity index (χ4n) is 2.45. The highest BCUT2D eigenvalue weighted by molar-refractivity contribution is 7.12. The number of thiophene rings is 1. The molecule has 2 rings (SSSR count). The van der Waals surface area contributed by atoms with E-state index in [2.05, 4.69) is 25.2 Å². The molecule has 0 aliphatic carbocycles. The number of carbonyl (C=O) groups is 1. The monoisotopic (exact) mass is 318 g/mol. The Labute approximate surface area is 135 Å². The zero-order chi connectivity index (χ0) is 16.3. The van der Waals surface area contributed by atoms with Crippen LogP contribution in [-0.2, 0) is 6.54 Å². The van der Waals surface area contributed by atoms with Crippen molar-refractivity contribution < 1.29 is 9.90 Å². The van der Waals surface area contributed by atoms with Crippen molar-refractivity contribution in [2.24, 2.45) is 0 Å². The van der Waals surface area contributed by atoms with E-state index in [1.54, 1.807) is 41.5 Å². The summed E-state index contributed by atoms with van der Waals surface area (Å²) in [6.07, 6.45) is 0. The Bertz CT molecular complexity index is 666. The van der Waals surface area contributed by atoms with Gasteiger partial charge in [0.05, 0.1) is 6.04 Å². The molecule has 4 nitrogen and oxygen atoms in total. The van der Waals surface area contributed by atoms with Gasteiger partial charge < -0.3 is 15.3 Å². The zero-order valence-electron chi connectivity index (χ0n) is 13.4. The van der Waals surface area contributed by atoms with Gasteiger partial charge in [-0.2, -0.15) is 0 Å². The van der Waals surface area contributed by atoms with Crippen LogP contribution in [-0.4, -0.2) is 23.1 Å². The molecule has 0 radical (unpaired) electrons. The summed E-state index contributed by atoms with van der Waals surface area (Å²) in [7, 11) is 1.75. The molecule has 2 amide bonds. The van der Waals surface area contributed by atoms with Crippen LogP contribution in [0, 0.1) is 13.8 Å². The van der Waals surface area contributed by atoms with Gasteiger partial charge >= 0.3 is 6.03 Å². The third-order valence-electron chi connectivity index (χ3n) is 3.56. The van der Waals surface area contributed by atoms with Gasteiger partial charge in [-0.05, 0) is 50.1 Å². The Hall–Kier alpha value is -2.01. The average molecular weight is 318 g/mol. The number of nitrogens with zero attached hydrogens (tertiary/aromatic N) is 1. The molecule has 0 unspecified atom stereocenters. The maximum absolute atomic E-state index is 12.3. The van der Waals surface area contributed by atoms with Crippen molar-refractivity contribution >= 4 is 17.4 Å². The molecule has 2 aromatic rings. The lowest BCUT2D eigenvalue weighted by atomic mass is 10.1. The maximum atomic E-state index is 12.3. The number of urea groups is 1. The summed E-state index contributed by atoms with van der Waals surface area (Å²) >= 11 is 1.74. The summed E-state index contributed by atoms with van der Waals surface area (Å²) in [5.74, 6) is 0.212. The zero-order valence-corrected chi connectivity index (χ0v) is 14.2. The molecule has 0 aliphatic rings. The fourth-order valence-corrected chi connectivity index (χ4v) is 3.48. The van der Waals surface area contributed by atoms with Gasteiger partial charge in [0.25, 0.3) is 0 Å². The van der Waals surface area contributed by atoms with Crippen LogP contribution >= 0.6 is 11.3 Å². The van der Waals surface area contributed by atoms with Crippen LogP contribution < -0.4 is 5.32 Å². The van der Waals surface area contributed by atoms with Crippen molar-refractivity contribution in [2.45, 2.75) is 33.4 Å². The van der Waals surface area contributed by atoms with Gasteiger partial charge in [-0.25, -0.2) is 4.79 Å². The molecule has 0 bridgehead atoms. The van der Waals surface area contributed by atoms with Gasteiger partial charge in [0.2, 0.25) is 0 Å². The number of nitrogens with one attached hydrogen (secondary N) is 1. The minimum atomic E-state index is -0.126. The fraction of sp³-hybridized carbons (Fsp3) is 0.353. The van der Waals surface area contributed by atoms with E-state index < -0.39 is 0 Å². The lowest BCUT2D eigenvalue weighted by Gasteiger charge is -2.21. The molecule has 1 atom stereocenters. The normalized spacial score (nSPS) is 12.0. The van der Waals surface area contributed by atoms with Crippen molar-refractivity contribution in [1.29, 1.82) is 0 Å². The molecule has 1 heterocycles. The first-order valence-corrected chi connectivity index (χ1v) is 8.05. The molecule has 0 spiro atoms. The molecular weight excluding hydrogens is 296 g/mol. The van der Waals surface area contributed by atoms with E-state index in [9.17, 15) is 9.90 Å². The number of amides is 2. The quantitative estimate of drug-likeness (QED) is 0.896. The molecular formula is C17H22N2O2S. The van der Waals surface area contributed by atoms with E-state index in [0.29, 0.717) is 6.54 Å². The number of rotatable bonds is 4. The highest BCUT2D eigenvalue weighted by Gasteiger charge is 2.16. The second-order valence-electron chi connectivity index (χ2n) is 5.57. The van der Waals surface area contributed by atoms with Crippen LogP contribution in [0.25, 0.3) is 0 Å². The molecule has 0 fully saturated rings. The van der Waals surface area contributed by atoms with Crippen LogP contribution in [0.5, 0.6) is 5.75 Å². The first-order chi connectivity index (χ1) is 10.4. The number of hydrogen-bond acceptors (Lipinski definition) is 3. The summed E-state index contributed by atoms with van der Waals surface area (Å²) < 4.78 is 0. The van der Waals surface area contributed by atoms with Crippen molar-refractivity contribution in [1.82, 2.24) is 10.2 Å². The second-order valence-corrected chi connectivity index (χ2v) is 7.03. The predicted octanol–water partition coefficient (Wildman–Crippen LogP) is 3.97. The lowest BCUT2D eigenvalue weighted by Crippen LogP contribution is -2.38. The first kappa shape index (κ1) is 16.4. The van der Waals surface area contributed by atoms with Gasteiger partial charge in [-0.15, -0.1) is 11.3 Å². The summed E-state index contributed by atoms with van der Waals surface area (Å²) in [5, 5.41) is 12.5. The Balaban J connectivity index is 1.97. The number of carbonyl (C=O) groups excluding carboxylic acids is 1. The van der Waals surface area contributed by atoms with E-state index >= 15 is 0 Å². The van der Waals surface area contributed by atoms with Crippen LogP contribution in [0.15, 0.2) is 30.3 Å². The van der Waals surface area contributed by atoms with E-state index in [4.69, 9.17) is 0 Å². The smallest absolute Gasteiger partial charge is 0.317 e. The summed E-state index contributed by atoms with van der Waals surface area (Å²) in [6.45, 7) is 6.60. The molecule has 118 valence electrons. The van der Waals surface area contributed by atoms with Crippen molar-refractivity contribution in [3.63, 3.8) is 0 Å². The average Bonchev–Trinajstić information content (AvgIpc) is 2.77. The molecule has 5 heteroatoms. The van der Waals surface area contributed by atoms with Crippen LogP contribution in [0.3, 0.4) is 0 Å². The van der Waals surface area contributed by atoms with Gasteiger partial charge in [-0.1, -0.05) is 12.1 Å². The van der Waals surface area contributed by atoms with Gasteiger partial charge in [0.15, 0.2) is 0 Å². The second kappa shape index (κ2) is 6.83. The summed E-state index contributed by atoms with van der Waals surface area (Å²) in [6, 6.07) is 8.92. The molecule has 2 N–H and O–H groups in total. The molecule has 0 saturated heterocycles. The van der Waals surface area contributed by atoms with Gasteiger partial charge in [0, 0.05) is 23.3 Å². The van der Waals surface area contributed by atoms with Gasteiger partial charge in [0.1, 0.15) is 5.75 Å². The lowest BCUT2D eigenvalue weighted by molar-refractivity contribution is 0.203. The summed E-state index contributed by atoms with van der Waals surface area (Å²) in [4.78, 5) is 16.4. The van der Waals surface area contributed by atoms with E-state index in [-0.39, 0.29) is 17.8 Å². The highest BCUT2D eigenvalue weighted by Crippen LogP contribution is 2.26. The number of phenols is 1. The standard InChI is InChI=1S/C17H22N2O2S/c1-11-8-16(13(3)22-11)12(2)18-17(21)19(4)10-14-6-5-7-15(20)9-14/h5-9,12,20H,10H2,1-4H3,(H,18,21)/t12-/m1/s1. The van der Waals surface area contributed by atoms with Crippen LogP contribution in [0.1, 0.15) is 33.8 Å². The molecule has 1 aromatic carbocycles. The van der Waals surface area contributed by atoms with Crippen LogP contribution in [0.4, 0.5) is 4.79 Å². The Kier molecular flexibility index (Phi) is 5.08. The van der Waals surface area contributed by atoms with Crippen molar-refractivity contribution in [2.75, 3.05) is 7.05 Å². The number of hydrogen-bond donors (Lipinski definition) is 2. The highest BCUT2D eigenvalue weighted by atomic mass is 32.1. The number of benzene rings is 1. The molecule has 1 aromatic heterocycles. The van der Waals surface area contributed by atoms with E-state index in [0.717, 1.165) is 5.56 Å². The third-order valence-corrected chi connectivity index (χ3v) is 4.54. The largest absolute Gasteiger partial charge is 0.508 e. The molecule has 0 saturated carbocycles. The predicted molar refractivity (Wildman–Crippen MR) is 90.3 cm³/mol. The van der Waals surface area contributed by atoms with Crippen molar-refractivity contribution in [3.8, 4) is 5.75 Å². The number of aromatic hydroxyl groups is 1. The third kappa shape index (κ3) is 4.01. The number of phenolic OH excluding ortho intramolecular Hbond substituents is 1. The van der Waals surface area contributed by atoms with E-state index in [1.165, 1.54) is 15.3 Å². The number of aryl methyl sites for hydroxylation is 2. The Morgan fingerprint density at radius 3 is 2.68 bits per heavy atom. The van der Waals surface area contributed by atoms with Crippen molar-refractivity contribution in [3.05, 3.63) is 51.2 Å². The van der Waals surface area contributed by atoms with Gasteiger partial charge in [-0.3, -0.25) is 0 Å². The molecule has 22 heavy (non-hydrogen) atoms. The SMILES string of the molecule is Cc1cc([C@@H](C)NC(=O)N(C)Cc2cccc(O)c2)c(C)s1. The van der Waals surface area contributed by atoms with E-state index in [1.807, 2.05) is 13.0 Å². The van der Waals surface area contributed by atoms with Crippen LogP contribution in [0.2, 0.25) is 0 Å². The topological polar surface area (TPSA) is 52.6 Å². The Morgan fingerprint density at radius 1 is 1.36 bits per heavy atom. The first-order valence-electron chi connectivity index (χ1n) is 7.23. The molecule has 0 aliphatic heterocycles. The minimum Gasteiger partial charge on any atom is -0.508 e.